The van der Waals surface area contributed by atoms with Crippen LogP contribution in [0.5, 0.6) is 0 Å². The minimum Gasteiger partial charge on any atom is -0.378 e. The Morgan fingerprint density at radius 1 is 1.33 bits per heavy atom. The SMILES string of the molecule is CC1(C)COCCN1S(=O)(=O)c1cccc2c1CCNC2. The largest absolute Gasteiger partial charge is 0.378 e. The molecule has 0 saturated carbocycles. The lowest BCUT2D eigenvalue weighted by atomic mass is 10.0. The van der Waals surface area contributed by atoms with E-state index in [0.29, 0.717) is 24.7 Å². The Hall–Kier alpha value is -0.950. The minimum atomic E-state index is -3.49. The molecule has 21 heavy (non-hydrogen) atoms. The van der Waals surface area contributed by atoms with Gasteiger partial charge >= 0.3 is 0 Å². The molecule has 0 amide bonds. The Morgan fingerprint density at radius 2 is 2.14 bits per heavy atom. The third-order valence-electron chi connectivity index (χ3n) is 4.23. The number of hydrogen-bond donors (Lipinski definition) is 1. The normalized spacial score (nSPS) is 22.8. The van der Waals surface area contributed by atoms with Crippen LogP contribution in [-0.4, -0.2) is 44.6 Å². The summed E-state index contributed by atoms with van der Waals surface area (Å²) in [6, 6.07) is 5.59. The second-order valence-corrected chi connectivity index (χ2v) is 8.09. The van der Waals surface area contributed by atoms with Crippen LogP contribution in [0.25, 0.3) is 0 Å². The lowest BCUT2D eigenvalue weighted by Gasteiger charge is -2.41. The molecule has 116 valence electrons. The molecule has 1 saturated heterocycles. The van der Waals surface area contributed by atoms with Crippen molar-refractivity contribution in [1.29, 1.82) is 0 Å². The van der Waals surface area contributed by atoms with Gasteiger partial charge in [0.2, 0.25) is 10.0 Å². The predicted molar refractivity (Wildman–Crippen MR) is 80.6 cm³/mol. The second-order valence-electron chi connectivity index (χ2n) is 6.26. The van der Waals surface area contributed by atoms with E-state index in [0.717, 1.165) is 30.6 Å². The summed E-state index contributed by atoms with van der Waals surface area (Å²) in [5.74, 6) is 0. The fourth-order valence-corrected chi connectivity index (χ4v) is 5.20. The summed E-state index contributed by atoms with van der Waals surface area (Å²) in [5, 5.41) is 3.29. The molecule has 0 aliphatic carbocycles. The number of nitrogens with zero attached hydrogens (tertiary/aromatic N) is 1. The highest BCUT2D eigenvalue weighted by Crippen LogP contribution is 2.31. The van der Waals surface area contributed by atoms with Gasteiger partial charge in [0, 0.05) is 13.1 Å². The number of morpholine rings is 1. The average molecular weight is 310 g/mol. The van der Waals surface area contributed by atoms with Crippen LogP contribution >= 0.6 is 0 Å². The zero-order valence-corrected chi connectivity index (χ0v) is 13.4. The smallest absolute Gasteiger partial charge is 0.244 e. The summed E-state index contributed by atoms with van der Waals surface area (Å²) in [7, 11) is -3.49. The third-order valence-corrected chi connectivity index (χ3v) is 6.43. The molecule has 3 rings (SSSR count). The van der Waals surface area contributed by atoms with Gasteiger partial charge in [0.1, 0.15) is 0 Å². The molecule has 1 aromatic carbocycles. The van der Waals surface area contributed by atoms with Gasteiger partial charge in [0.15, 0.2) is 0 Å². The summed E-state index contributed by atoms with van der Waals surface area (Å²) >= 11 is 0. The van der Waals surface area contributed by atoms with E-state index in [4.69, 9.17) is 4.74 Å². The molecule has 0 radical (unpaired) electrons. The van der Waals surface area contributed by atoms with E-state index >= 15 is 0 Å². The summed E-state index contributed by atoms with van der Waals surface area (Å²) in [4.78, 5) is 0.469. The van der Waals surface area contributed by atoms with Gasteiger partial charge < -0.3 is 10.1 Å². The topological polar surface area (TPSA) is 58.6 Å². The molecular formula is C15H22N2O3S. The van der Waals surface area contributed by atoms with Crippen molar-refractivity contribution in [3.05, 3.63) is 29.3 Å². The highest BCUT2D eigenvalue weighted by atomic mass is 32.2. The maximum Gasteiger partial charge on any atom is 0.244 e. The number of ether oxygens (including phenoxy) is 1. The van der Waals surface area contributed by atoms with Crippen molar-refractivity contribution in [3.63, 3.8) is 0 Å². The van der Waals surface area contributed by atoms with Crippen molar-refractivity contribution >= 4 is 10.0 Å². The Balaban J connectivity index is 2.06. The molecule has 0 atom stereocenters. The Kier molecular flexibility index (Phi) is 3.81. The molecule has 1 fully saturated rings. The second kappa shape index (κ2) is 5.35. The van der Waals surface area contributed by atoms with Crippen LogP contribution < -0.4 is 5.32 Å². The van der Waals surface area contributed by atoms with Crippen molar-refractivity contribution in [3.8, 4) is 0 Å². The Labute approximate surface area is 126 Å². The van der Waals surface area contributed by atoms with Crippen LogP contribution in [0.4, 0.5) is 0 Å². The van der Waals surface area contributed by atoms with E-state index in [1.807, 2.05) is 26.0 Å². The van der Waals surface area contributed by atoms with E-state index < -0.39 is 15.6 Å². The van der Waals surface area contributed by atoms with Crippen molar-refractivity contribution in [2.24, 2.45) is 0 Å². The molecular weight excluding hydrogens is 288 g/mol. The molecule has 0 bridgehead atoms. The highest BCUT2D eigenvalue weighted by Gasteiger charge is 2.40. The van der Waals surface area contributed by atoms with E-state index in [-0.39, 0.29) is 0 Å². The first-order valence-electron chi connectivity index (χ1n) is 7.35. The molecule has 1 N–H and O–H groups in total. The first-order chi connectivity index (χ1) is 9.93. The number of rotatable bonds is 2. The predicted octanol–water partition coefficient (Wildman–Crippen LogP) is 1.13. The zero-order valence-electron chi connectivity index (χ0n) is 12.6. The van der Waals surface area contributed by atoms with Crippen LogP contribution in [0.15, 0.2) is 23.1 Å². The molecule has 0 spiro atoms. The third kappa shape index (κ3) is 2.61. The van der Waals surface area contributed by atoms with Crippen LogP contribution in [-0.2, 0) is 27.7 Å². The molecule has 2 heterocycles. The van der Waals surface area contributed by atoms with Crippen LogP contribution in [0.3, 0.4) is 0 Å². The van der Waals surface area contributed by atoms with Crippen molar-refractivity contribution in [1.82, 2.24) is 9.62 Å². The Bertz CT molecular complexity index is 640. The maximum absolute atomic E-state index is 13.1. The van der Waals surface area contributed by atoms with Crippen molar-refractivity contribution in [2.75, 3.05) is 26.3 Å². The van der Waals surface area contributed by atoms with E-state index in [9.17, 15) is 8.42 Å². The van der Waals surface area contributed by atoms with Gasteiger partial charge in [-0.15, -0.1) is 0 Å². The number of fused-ring (bicyclic) bond motifs is 1. The van der Waals surface area contributed by atoms with Crippen LogP contribution in [0, 0.1) is 0 Å². The number of sulfonamides is 1. The van der Waals surface area contributed by atoms with Gasteiger partial charge in [-0.25, -0.2) is 8.42 Å². The van der Waals surface area contributed by atoms with Gasteiger partial charge in [-0.2, -0.15) is 4.31 Å². The zero-order chi connectivity index (χ0) is 15.1. The van der Waals surface area contributed by atoms with Crippen LogP contribution in [0.2, 0.25) is 0 Å². The van der Waals surface area contributed by atoms with E-state index in [1.165, 1.54) is 0 Å². The maximum atomic E-state index is 13.1. The molecule has 6 heteroatoms. The number of nitrogens with one attached hydrogen (secondary N) is 1. The molecule has 2 aliphatic heterocycles. The molecule has 1 aromatic rings. The quantitative estimate of drug-likeness (QED) is 0.890. The molecule has 0 aromatic heterocycles. The van der Waals surface area contributed by atoms with Gasteiger partial charge in [-0.05, 0) is 44.0 Å². The van der Waals surface area contributed by atoms with Gasteiger partial charge in [-0.1, -0.05) is 12.1 Å². The fourth-order valence-electron chi connectivity index (χ4n) is 3.15. The standard InChI is InChI=1S/C15H22N2O3S/c1-15(2)11-20-9-8-17(15)21(18,19)14-5-3-4-12-10-16-7-6-13(12)14/h3-5,16H,6-11H2,1-2H3. The minimum absolute atomic E-state index is 0.414. The highest BCUT2D eigenvalue weighted by molar-refractivity contribution is 7.89. The summed E-state index contributed by atoms with van der Waals surface area (Å²) in [6.07, 6.45) is 0.759. The summed E-state index contributed by atoms with van der Waals surface area (Å²) < 4.78 is 33.3. The van der Waals surface area contributed by atoms with Gasteiger partial charge in [-0.3, -0.25) is 0 Å². The number of benzene rings is 1. The summed E-state index contributed by atoms with van der Waals surface area (Å²) in [6.45, 7) is 6.71. The van der Waals surface area contributed by atoms with Crippen molar-refractivity contribution in [2.45, 2.75) is 37.2 Å². The average Bonchev–Trinajstić information content (AvgIpc) is 2.46. The first kappa shape index (κ1) is 15.0. The fraction of sp³-hybridized carbons (Fsp3) is 0.600. The molecule has 2 aliphatic rings. The molecule has 5 nitrogen and oxygen atoms in total. The van der Waals surface area contributed by atoms with E-state index in [2.05, 4.69) is 5.32 Å². The number of hydrogen-bond acceptors (Lipinski definition) is 4. The summed E-state index contributed by atoms with van der Waals surface area (Å²) in [5.41, 5.74) is 1.55. The van der Waals surface area contributed by atoms with Crippen molar-refractivity contribution < 1.29 is 13.2 Å². The van der Waals surface area contributed by atoms with E-state index in [1.54, 1.807) is 10.4 Å². The lowest BCUT2D eigenvalue weighted by molar-refractivity contribution is -0.00773. The lowest BCUT2D eigenvalue weighted by Crippen LogP contribution is -2.55. The monoisotopic (exact) mass is 310 g/mol. The Morgan fingerprint density at radius 3 is 2.90 bits per heavy atom. The molecule has 0 unspecified atom stereocenters. The first-order valence-corrected chi connectivity index (χ1v) is 8.79. The van der Waals surface area contributed by atoms with Gasteiger partial charge in [0.25, 0.3) is 0 Å². The van der Waals surface area contributed by atoms with Crippen LogP contribution in [0.1, 0.15) is 25.0 Å². The van der Waals surface area contributed by atoms with Gasteiger partial charge in [0.05, 0.1) is 23.6 Å².